The number of methoxy groups -OCH3 is 1. The Balaban J connectivity index is 2.12. The van der Waals surface area contributed by atoms with Crippen LogP contribution in [0.25, 0.3) is 0 Å². The van der Waals surface area contributed by atoms with E-state index in [0.29, 0.717) is 18.8 Å². The number of carboxylic acid groups (broad SMARTS) is 1. The van der Waals surface area contributed by atoms with Gasteiger partial charge in [0.25, 0.3) is 0 Å². The Labute approximate surface area is 142 Å². The fraction of sp³-hybridized carbons (Fsp3) is 0.556. The molecule has 0 bridgehead atoms. The Morgan fingerprint density at radius 1 is 1.29 bits per heavy atom. The van der Waals surface area contributed by atoms with Gasteiger partial charge in [0, 0.05) is 5.56 Å². The van der Waals surface area contributed by atoms with Gasteiger partial charge in [0.2, 0.25) is 5.91 Å². The average molecular weight is 335 g/mol. The summed E-state index contributed by atoms with van der Waals surface area (Å²) in [5, 5.41) is 12.0. The molecule has 1 amide bonds. The minimum Gasteiger partial charge on any atom is -0.496 e. The third-order valence-corrected chi connectivity index (χ3v) is 4.13. The molecular weight excluding hydrogens is 310 g/mol. The molecule has 2 N–H and O–H groups in total. The quantitative estimate of drug-likeness (QED) is 0.800. The number of carbonyl (C=O) groups excluding carboxylic acids is 1. The molecule has 1 aromatic rings. The molecule has 0 aromatic heterocycles. The van der Waals surface area contributed by atoms with Crippen LogP contribution in [0, 0.1) is 5.92 Å². The van der Waals surface area contributed by atoms with Gasteiger partial charge in [0.05, 0.1) is 13.2 Å². The van der Waals surface area contributed by atoms with E-state index >= 15 is 0 Å². The second kappa shape index (κ2) is 8.15. The maximum Gasteiger partial charge on any atom is 0.332 e. The maximum absolute atomic E-state index is 12.5. The minimum atomic E-state index is -1.02. The van der Waals surface area contributed by atoms with Gasteiger partial charge in [-0.05, 0) is 31.2 Å². The fourth-order valence-electron chi connectivity index (χ4n) is 2.97. The van der Waals surface area contributed by atoms with Crippen molar-refractivity contribution in [2.45, 2.75) is 51.4 Å². The SMILES string of the molecule is COc1ccccc1C(CC(C)C)NC(=O)[C@@H]1CC[C@H](C(=O)O)O1. The van der Waals surface area contributed by atoms with E-state index in [1.165, 1.54) is 0 Å². The molecular formula is C18H25NO5. The van der Waals surface area contributed by atoms with Gasteiger partial charge in [-0.15, -0.1) is 0 Å². The minimum absolute atomic E-state index is 0.207. The number of amides is 1. The molecule has 1 aliphatic heterocycles. The van der Waals surface area contributed by atoms with Gasteiger partial charge in [-0.1, -0.05) is 32.0 Å². The number of rotatable bonds is 7. The first-order valence-corrected chi connectivity index (χ1v) is 8.24. The van der Waals surface area contributed by atoms with Crippen LogP contribution in [0.3, 0.4) is 0 Å². The number of nitrogens with one attached hydrogen (secondary N) is 1. The molecule has 6 nitrogen and oxygen atoms in total. The van der Waals surface area contributed by atoms with E-state index in [1.807, 2.05) is 24.3 Å². The number of benzene rings is 1. The Hall–Kier alpha value is -2.08. The second-order valence-corrected chi connectivity index (χ2v) is 6.46. The standard InChI is InChI=1S/C18H25NO5/c1-11(2)10-13(12-6-4-5-7-14(12)23-3)19-17(20)15-8-9-16(24-15)18(21)22/h4-7,11,13,15-16H,8-10H2,1-3H3,(H,19,20)(H,21,22)/t13?,15-,16+/m0/s1. The van der Waals surface area contributed by atoms with Gasteiger partial charge in [0.1, 0.15) is 11.9 Å². The number of ether oxygens (including phenoxy) is 2. The van der Waals surface area contributed by atoms with Gasteiger partial charge in [-0.3, -0.25) is 4.79 Å². The van der Waals surface area contributed by atoms with Crippen molar-refractivity contribution in [1.82, 2.24) is 5.32 Å². The van der Waals surface area contributed by atoms with Crippen LogP contribution in [0.4, 0.5) is 0 Å². The Morgan fingerprint density at radius 3 is 2.54 bits per heavy atom. The summed E-state index contributed by atoms with van der Waals surface area (Å²) in [6, 6.07) is 7.38. The highest BCUT2D eigenvalue weighted by molar-refractivity contribution is 5.83. The number of hydrogen-bond donors (Lipinski definition) is 2. The van der Waals surface area contributed by atoms with Crippen molar-refractivity contribution in [1.29, 1.82) is 0 Å². The first-order chi connectivity index (χ1) is 11.4. The molecule has 0 saturated carbocycles. The lowest BCUT2D eigenvalue weighted by Crippen LogP contribution is -2.38. The molecule has 0 radical (unpaired) electrons. The van der Waals surface area contributed by atoms with E-state index in [4.69, 9.17) is 14.6 Å². The molecule has 1 aromatic carbocycles. The van der Waals surface area contributed by atoms with Crippen molar-refractivity contribution in [3.05, 3.63) is 29.8 Å². The van der Waals surface area contributed by atoms with Gasteiger partial charge >= 0.3 is 5.97 Å². The predicted octanol–water partition coefficient (Wildman–Crippen LogP) is 2.53. The monoisotopic (exact) mass is 335 g/mol. The molecule has 1 aliphatic rings. The highest BCUT2D eigenvalue weighted by Gasteiger charge is 2.35. The third kappa shape index (κ3) is 4.47. The van der Waals surface area contributed by atoms with Crippen molar-refractivity contribution >= 4 is 11.9 Å². The smallest absolute Gasteiger partial charge is 0.332 e. The van der Waals surface area contributed by atoms with Crippen molar-refractivity contribution < 1.29 is 24.2 Å². The third-order valence-electron chi connectivity index (χ3n) is 4.13. The summed E-state index contributed by atoms with van der Waals surface area (Å²) in [7, 11) is 1.60. The van der Waals surface area contributed by atoms with E-state index in [1.54, 1.807) is 7.11 Å². The molecule has 24 heavy (non-hydrogen) atoms. The molecule has 132 valence electrons. The van der Waals surface area contributed by atoms with E-state index in [-0.39, 0.29) is 11.9 Å². The number of hydrogen-bond acceptors (Lipinski definition) is 4. The molecule has 1 unspecified atom stereocenters. The number of para-hydroxylation sites is 1. The zero-order chi connectivity index (χ0) is 17.7. The van der Waals surface area contributed by atoms with Gasteiger partial charge in [0.15, 0.2) is 6.10 Å². The summed E-state index contributed by atoms with van der Waals surface area (Å²) in [4.78, 5) is 23.5. The Bertz CT molecular complexity index is 587. The fourth-order valence-corrected chi connectivity index (χ4v) is 2.97. The Kier molecular flexibility index (Phi) is 6.20. The first-order valence-electron chi connectivity index (χ1n) is 8.24. The number of aliphatic carboxylic acids is 1. The highest BCUT2D eigenvalue weighted by Crippen LogP contribution is 2.30. The second-order valence-electron chi connectivity index (χ2n) is 6.46. The lowest BCUT2D eigenvalue weighted by molar-refractivity contribution is -0.151. The maximum atomic E-state index is 12.5. The normalized spacial score (nSPS) is 21.5. The van der Waals surface area contributed by atoms with Crippen LogP contribution < -0.4 is 10.1 Å². The van der Waals surface area contributed by atoms with Crippen LogP contribution in [-0.4, -0.2) is 36.3 Å². The number of carboxylic acids is 1. The lowest BCUT2D eigenvalue weighted by Gasteiger charge is -2.24. The Morgan fingerprint density at radius 2 is 1.96 bits per heavy atom. The summed E-state index contributed by atoms with van der Waals surface area (Å²) in [6.45, 7) is 4.17. The summed E-state index contributed by atoms with van der Waals surface area (Å²) in [6.07, 6.45) is -0.0765. The van der Waals surface area contributed by atoms with Gasteiger partial charge in [-0.25, -0.2) is 4.79 Å². The summed E-state index contributed by atoms with van der Waals surface area (Å²) in [5.41, 5.74) is 0.912. The summed E-state index contributed by atoms with van der Waals surface area (Å²) in [5.74, 6) is -0.195. The van der Waals surface area contributed by atoms with Crippen LogP contribution in [0.5, 0.6) is 5.75 Å². The van der Waals surface area contributed by atoms with Gasteiger partial charge < -0.3 is 19.9 Å². The van der Waals surface area contributed by atoms with E-state index in [9.17, 15) is 9.59 Å². The van der Waals surface area contributed by atoms with Crippen LogP contribution in [-0.2, 0) is 14.3 Å². The summed E-state index contributed by atoms with van der Waals surface area (Å²) < 4.78 is 10.7. The van der Waals surface area contributed by atoms with Gasteiger partial charge in [-0.2, -0.15) is 0 Å². The lowest BCUT2D eigenvalue weighted by atomic mass is 9.96. The van der Waals surface area contributed by atoms with Crippen LogP contribution in [0.2, 0.25) is 0 Å². The largest absolute Gasteiger partial charge is 0.496 e. The summed E-state index contributed by atoms with van der Waals surface area (Å²) >= 11 is 0. The topological polar surface area (TPSA) is 84.9 Å². The molecule has 2 rings (SSSR count). The molecule has 3 atom stereocenters. The van der Waals surface area contributed by atoms with Crippen LogP contribution in [0.15, 0.2) is 24.3 Å². The molecule has 1 heterocycles. The molecule has 6 heteroatoms. The van der Waals surface area contributed by atoms with E-state index in [2.05, 4.69) is 19.2 Å². The van der Waals surface area contributed by atoms with Crippen LogP contribution >= 0.6 is 0 Å². The van der Waals surface area contributed by atoms with E-state index < -0.39 is 18.2 Å². The first kappa shape index (κ1) is 18.3. The molecule has 0 spiro atoms. The van der Waals surface area contributed by atoms with Crippen molar-refractivity contribution in [2.24, 2.45) is 5.92 Å². The van der Waals surface area contributed by atoms with Crippen molar-refractivity contribution in [3.8, 4) is 5.75 Å². The van der Waals surface area contributed by atoms with E-state index in [0.717, 1.165) is 17.7 Å². The highest BCUT2D eigenvalue weighted by atomic mass is 16.5. The zero-order valence-electron chi connectivity index (χ0n) is 14.3. The van der Waals surface area contributed by atoms with Crippen LogP contribution in [0.1, 0.15) is 44.7 Å². The molecule has 0 aliphatic carbocycles. The average Bonchev–Trinajstić information content (AvgIpc) is 3.04. The molecule has 1 fully saturated rings. The predicted molar refractivity (Wildman–Crippen MR) is 88.9 cm³/mol. The number of carbonyl (C=O) groups is 2. The van der Waals surface area contributed by atoms with Crippen molar-refractivity contribution in [3.63, 3.8) is 0 Å². The zero-order valence-corrected chi connectivity index (χ0v) is 14.3. The molecule has 1 saturated heterocycles. The van der Waals surface area contributed by atoms with Crippen molar-refractivity contribution in [2.75, 3.05) is 7.11 Å².